The lowest BCUT2D eigenvalue weighted by molar-refractivity contribution is 0.101. The predicted octanol–water partition coefficient (Wildman–Crippen LogP) is 1.53. The molecule has 21 heavy (non-hydrogen) atoms. The van der Waals surface area contributed by atoms with E-state index in [1.807, 2.05) is 0 Å². The van der Waals surface area contributed by atoms with Crippen LogP contribution in [-0.2, 0) is 22.6 Å². The van der Waals surface area contributed by atoms with Gasteiger partial charge in [0.25, 0.3) is 5.91 Å². The van der Waals surface area contributed by atoms with Gasteiger partial charge in [-0.3, -0.25) is 4.79 Å². The summed E-state index contributed by atoms with van der Waals surface area (Å²) in [5.41, 5.74) is 2.45. The molecule has 0 fully saturated rings. The van der Waals surface area contributed by atoms with Crippen LogP contribution in [0.4, 0.5) is 5.69 Å². The summed E-state index contributed by atoms with van der Waals surface area (Å²) < 4.78 is 24.1. The summed E-state index contributed by atoms with van der Waals surface area (Å²) in [5.74, 6) is -0.259. The van der Waals surface area contributed by atoms with E-state index < -0.39 is 9.84 Å². The summed E-state index contributed by atoms with van der Waals surface area (Å²) in [6.45, 7) is 1.77. The number of amides is 1. The summed E-state index contributed by atoms with van der Waals surface area (Å²) in [7, 11) is -1.30. The number of anilines is 1. The summed E-state index contributed by atoms with van der Waals surface area (Å²) in [6, 6.07) is 6.74. The Bertz CT molecular complexity index is 742. The first-order valence-corrected chi connectivity index (χ1v) is 8.38. The molecule has 0 saturated heterocycles. The zero-order chi connectivity index (χ0) is 15.6. The molecule has 0 spiro atoms. The molecule has 2 aromatic rings. The standard InChI is InChI=1S/C14H17N3O3S/c1-10-13(17(2)9-15-10)14(18)16-12-6-4-11(5-7-12)8-21(3,19)20/h4-7,9H,8H2,1-3H3,(H,16,18). The molecular formula is C14H17N3O3S. The van der Waals surface area contributed by atoms with E-state index in [0.717, 1.165) is 0 Å². The number of carbonyl (C=O) groups is 1. The fraction of sp³-hybridized carbons (Fsp3) is 0.286. The molecule has 0 aliphatic heterocycles. The molecule has 1 aromatic heterocycles. The van der Waals surface area contributed by atoms with Gasteiger partial charge in [-0.15, -0.1) is 0 Å². The minimum Gasteiger partial charge on any atom is -0.330 e. The van der Waals surface area contributed by atoms with Crippen molar-refractivity contribution in [1.29, 1.82) is 0 Å². The average Bonchev–Trinajstić information content (AvgIpc) is 2.70. The number of hydrogen-bond donors (Lipinski definition) is 1. The lowest BCUT2D eigenvalue weighted by Crippen LogP contribution is -2.16. The first-order valence-electron chi connectivity index (χ1n) is 6.32. The van der Waals surface area contributed by atoms with E-state index in [-0.39, 0.29) is 11.7 Å². The van der Waals surface area contributed by atoms with Gasteiger partial charge in [-0.25, -0.2) is 13.4 Å². The van der Waals surface area contributed by atoms with Crippen molar-refractivity contribution in [3.8, 4) is 0 Å². The molecule has 0 atom stereocenters. The Hall–Kier alpha value is -2.15. The molecule has 0 bridgehead atoms. The third kappa shape index (κ3) is 3.91. The maximum absolute atomic E-state index is 12.2. The highest BCUT2D eigenvalue weighted by molar-refractivity contribution is 7.89. The second-order valence-electron chi connectivity index (χ2n) is 5.01. The van der Waals surface area contributed by atoms with E-state index in [1.165, 1.54) is 6.26 Å². The number of benzene rings is 1. The normalized spacial score (nSPS) is 11.4. The Morgan fingerprint density at radius 3 is 2.38 bits per heavy atom. The van der Waals surface area contributed by atoms with Gasteiger partial charge in [0.15, 0.2) is 9.84 Å². The van der Waals surface area contributed by atoms with Crippen LogP contribution < -0.4 is 5.32 Å². The van der Waals surface area contributed by atoms with Crippen LogP contribution in [0.15, 0.2) is 30.6 Å². The van der Waals surface area contributed by atoms with Crippen molar-refractivity contribution in [3.05, 3.63) is 47.5 Å². The maximum atomic E-state index is 12.2. The van der Waals surface area contributed by atoms with Gasteiger partial charge in [-0.05, 0) is 24.6 Å². The number of hydrogen-bond acceptors (Lipinski definition) is 4. The van der Waals surface area contributed by atoms with Crippen LogP contribution in [0, 0.1) is 6.92 Å². The Morgan fingerprint density at radius 2 is 1.90 bits per heavy atom. The summed E-state index contributed by atoms with van der Waals surface area (Å²) in [5, 5.41) is 2.77. The first kappa shape index (κ1) is 15.2. The maximum Gasteiger partial charge on any atom is 0.274 e. The molecule has 1 heterocycles. The van der Waals surface area contributed by atoms with Gasteiger partial charge in [-0.1, -0.05) is 12.1 Å². The first-order chi connectivity index (χ1) is 9.76. The Morgan fingerprint density at radius 1 is 1.29 bits per heavy atom. The molecule has 1 aromatic carbocycles. The van der Waals surface area contributed by atoms with Crippen molar-refractivity contribution in [2.45, 2.75) is 12.7 Å². The predicted molar refractivity (Wildman–Crippen MR) is 80.9 cm³/mol. The van der Waals surface area contributed by atoms with Crippen molar-refractivity contribution < 1.29 is 13.2 Å². The van der Waals surface area contributed by atoms with Gasteiger partial charge < -0.3 is 9.88 Å². The number of aryl methyl sites for hydroxylation is 2. The van der Waals surface area contributed by atoms with Crippen LogP contribution in [-0.4, -0.2) is 30.1 Å². The highest BCUT2D eigenvalue weighted by Gasteiger charge is 2.14. The highest BCUT2D eigenvalue weighted by Crippen LogP contribution is 2.14. The minimum absolute atomic E-state index is 0.0118. The monoisotopic (exact) mass is 307 g/mol. The molecule has 0 aliphatic rings. The number of carbonyl (C=O) groups excluding carboxylic acids is 1. The molecule has 0 unspecified atom stereocenters. The lowest BCUT2D eigenvalue weighted by atomic mass is 10.2. The third-order valence-electron chi connectivity index (χ3n) is 2.98. The molecule has 6 nitrogen and oxygen atoms in total. The van der Waals surface area contributed by atoms with E-state index in [9.17, 15) is 13.2 Å². The SMILES string of the molecule is Cc1ncn(C)c1C(=O)Nc1ccc(CS(C)(=O)=O)cc1. The number of sulfone groups is 1. The Kier molecular flexibility index (Phi) is 4.13. The zero-order valence-corrected chi connectivity index (χ0v) is 12.9. The van der Waals surface area contributed by atoms with Gasteiger partial charge in [0, 0.05) is 19.0 Å². The summed E-state index contributed by atoms with van der Waals surface area (Å²) >= 11 is 0. The van der Waals surface area contributed by atoms with Gasteiger partial charge >= 0.3 is 0 Å². The van der Waals surface area contributed by atoms with E-state index in [0.29, 0.717) is 22.6 Å². The van der Waals surface area contributed by atoms with Crippen LogP contribution in [0.5, 0.6) is 0 Å². The number of aromatic nitrogens is 2. The van der Waals surface area contributed by atoms with Crippen molar-refractivity contribution in [1.82, 2.24) is 9.55 Å². The number of nitrogens with one attached hydrogen (secondary N) is 1. The average molecular weight is 307 g/mol. The summed E-state index contributed by atoms with van der Waals surface area (Å²) in [4.78, 5) is 16.2. The van der Waals surface area contributed by atoms with Crippen LogP contribution in [0.2, 0.25) is 0 Å². The number of rotatable bonds is 4. The molecular weight excluding hydrogens is 290 g/mol. The van der Waals surface area contributed by atoms with E-state index in [4.69, 9.17) is 0 Å². The molecule has 0 aliphatic carbocycles. The van der Waals surface area contributed by atoms with Crippen molar-refractivity contribution in [2.24, 2.45) is 7.05 Å². The van der Waals surface area contributed by atoms with Gasteiger partial charge in [0.2, 0.25) is 0 Å². The van der Waals surface area contributed by atoms with Crippen molar-refractivity contribution >= 4 is 21.4 Å². The zero-order valence-electron chi connectivity index (χ0n) is 12.1. The quantitative estimate of drug-likeness (QED) is 0.928. The van der Waals surface area contributed by atoms with Crippen molar-refractivity contribution in [3.63, 3.8) is 0 Å². The van der Waals surface area contributed by atoms with E-state index in [1.54, 1.807) is 49.1 Å². The second kappa shape index (κ2) is 5.69. The van der Waals surface area contributed by atoms with Crippen LogP contribution in [0.1, 0.15) is 21.7 Å². The fourth-order valence-electron chi connectivity index (χ4n) is 2.05. The number of imidazole rings is 1. The molecule has 1 amide bonds. The fourth-order valence-corrected chi connectivity index (χ4v) is 2.85. The van der Waals surface area contributed by atoms with Gasteiger partial charge in [0.05, 0.1) is 17.8 Å². The van der Waals surface area contributed by atoms with Gasteiger partial charge in [-0.2, -0.15) is 0 Å². The Labute approximate surface area is 123 Å². The number of nitrogens with zero attached hydrogens (tertiary/aromatic N) is 2. The minimum atomic E-state index is -3.06. The molecule has 0 radical (unpaired) electrons. The van der Waals surface area contributed by atoms with Crippen molar-refractivity contribution in [2.75, 3.05) is 11.6 Å². The smallest absolute Gasteiger partial charge is 0.274 e. The van der Waals surface area contributed by atoms with Crippen LogP contribution in [0.25, 0.3) is 0 Å². The second-order valence-corrected chi connectivity index (χ2v) is 7.15. The molecule has 1 N–H and O–H groups in total. The Balaban J connectivity index is 2.12. The van der Waals surface area contributed by atoms with E-state index in [2.05, 4.69) is 10.3 Å². The molecule has 2 rings (SSSR count). The molecule has 112 valence electrons. The molecule has 0 saturated carbocycles. The van der Waals surface area contributed by atoms with Crippen LogP contribution in [0.3, 0.4) is 0 Å². The highest BCUT2D eigenvalue weighted by atomic mass is 32.2. The third-order valence-corrected chi connectivity index (χ3v) is 3.83. The van der Waals surface area contributed by atoms with Gasteiger partial charge in [0.1, 0.15) is 5.69 Å². The van der Waals surface area contributed by atoms with E-state index >= 15 is 0 Å². The van der Waals surface area contributed by atoms with Crippen LogP contribution >= 0.6 is 0 Å². The molecule has 7 heteroatoms. The topological polar surface area (TPSA) is 81.1 Å². The largest absolute Gasteiger partial charge is 0.330 e. The summed E-state index contributed by atoms with van der Waals surface area (Å²) in [6.07, 6.45) is 2.77. The lowest BCUT2D eigenvalue weighted by Gasteiger charge is -2.07.